The second-order valence-electron chi connectivity index (χ2n) is 15.6. The monoisotopic (exact) mass is 677 g/mol. The highest BCUT2D eigenvalue weighted by molar-refractivity contribution is 5.93. The Morgan fingerprint density at radius 1 is 0.958 bits per heavy atom. The van der Waals surface area contributed by atoms with Gasteiger partial charge in [0.25, 0.3) is 0 Å². The summed E-state index contributed by atoms with van der Waals surface area (Å²) in [5.41, 5.74) is 1.79. The number of carbonyl (C=O) groups is 2. The molecular weight excluding hydrogens is 596 g/mol. The molecule has 0 saturated carbocycles. The lowest BCUT2D eigenvalue weighted by atomic mass is 9.84. The first-order valence-electron chi connectivity index (χ1n) is 18.7. The van der Waals surface area contributed by atoms with E-state index >= 15 is 0 Å². The van der Waals surface area contributed by atoms with E-state index in [2.05, 4.69) is 115 Å². The van der Waals surface area contributed by atoms with Gasteiger partial charge in [-0.2, -0.15) is 0 Å². The van der Waals surface area contributed by atoms with Crippen LogP contribution in [0.3, 0.4) is 0 Å². The quantitative estimate of drug-likeness (QED) is 0.197. The lowest BCUT2D eigenvalue weighted by Crippen LogP contribution is -2.57. The fraction of sp³-hybridized carbons (Fsp3) is 0.800. The summed E-state index contributed by atoms with van der Waals surface area (Å²) in [6.45, 7) is 38.7. The third kappa shape index (κ3) is 19.0. The van der Waals surface area contributed by atoms with Crippen molar-refractivity contribution in [2.75, 3.05) is 60.4 Å². The molecule has 282 valence electrons. The molecule has 8 nitrogen and oxygen atoms in total. The van der Waals surface area contributed by atoms with Crippen molar-refractivity contribution in [1.82, 2.24) is 30.2 Å². The van der Waals surface area contributed by atoms with Crippen LogP contribution in [0.25, 0.3) is 0 Å². The number of hydrogen-bond acceptors (Lipinski definition) is 6. The minimum Gasteiger partial charge on any atom is -0.391 e. The van der Waals surface area contributed by atoms with Crippen LogP contribution in [0.15, 0.2) is 36.7 Å². The van der Waals surface area contributed by atoms with Gasteiger partial charge in [0.05, 0.1) is 12.1 Å². The van der Waals surface area contributed by atoms with E-state index in [1.54, 1.807) is 6.20 Å². The Kier molecular flexibility index (Phi) is 24.7. The zero-order valence-corrected chi connectivity index (χ0v) is 34.4. The fourth-order valence-electron chi connectivity index (χ4n) is 6.02. The number of rotatable bonds is 13. The zero-order chi connectivity index (χ0) is 37.7. The molecule has 0 spiro atoms. The Balaban J connectivity index is 0. The van der Waals surface area contributed by atoms with E-state index in [0.717, 1.165) is 76.1 Å². The molecule has 8 heteroatoms. The van der Waals surface area contributed by atoms with E-state index in [0.29, 0.717) is 18.0 Å². The number of carbonyl (C=O) groups excluding carboxylic acids is 2. The number of likely N-dealkylation sites (N-methyl/N-ethyl adjacent to an activating group) is 1. The van der Waals surface area contributed by atoms with Crippen molar-refractivity contribution in [3.05, 3.63) is 36.7 Å². The minimum atomic E-state index is -0.182. The topological polar surface area (TPSA) is 71.2 Å². The first kappa shape index (κ1) is 47.8. The predicted molar refractivity (Wildman–Crippen MR) is 210 cm³/mol. The molecule has 0 aromatic rings. The molecule has 2 aliphatic rings. The molecule has 0 radical (unpaired) electrons. The summed E-state index contributed by atoms with van der Waals surface area (Å²) in [7, 11) is 6.17. The molecule has 2 heterocycles. The molecule has 2 aliphatic heterocycles. The van der Waals surface area contributed by atoms with Crippen LogP contribution >= 0.6 is 0 Å². The third-order valence-electron chi connectivity index (χ3n) is 8.36. The van der Waals surface area contributed by atoms with Crippen molar-refractivity contribution in [2.45, 2.75) is 140 Å². The third-order valence-corrected chi connectivity index (χ3v) is 8.36. The largest absolute Gasteiger partial charge is 0.391 e. The average Bonchev–Trinajstić information content (AvgIpc) is 3.56. The van der Waals surface area contributed by atoms with E-state index in [4.69, 9.17) is 0 Å². The van der Waals surface area contributed by atoms with Crippen LogP contribution in [0.5, 0.6) is 0 Å². The number of nitrogens with zero attached hydrogens (tertiary/aromatic N) is 4. The van der Waals surface area contributed by atoms with Gasteiger partial charge in [0.15, 0.2) is 0 Å². The Hall–Kier alpha value is -2.32. The van der Waals surface area contributed by atoms with Gasteiger partial charge in [0, 0.05) is 57.1 Å². The van der Waals surface area contributed by atoms with Gasteiger partial charge in [-0.05, 0) is 84.1 Å². The molecule has 0 aliphatic carbocycles. The standard InChI is InChI=1S/C26H46N4O2.C9H20N2.C3H8.C2H6/c1-19(2)30-17-10-9-13-22(30)24(31)27-23(26(5,6)7)21(4)28(8)18-14-20(3)25(32)29-15-11-12-16-29;1-6-10-7-9(2,3)8-11(4)5;1-3-2;1-2/h14,19,22-23H,4,9-13,15-18H2,1-3,5-8H3,(H,27,31);6,10H,1,7-8H2,2-5H3;3H2,1-2H3;1-2H3/b20-14+;;;. The number of likely N-dealkylation sites (tertiary alicyclic amines) is 2. The SMILES string of the molecule is C=C(C(NC(=O)C1CCCCN1C(C)C)C(C)(C)C)N(C)C/C=C(\C)C(=O)N1CCCC1.C=CNCC(C)(C)CN(C)C.CC.CCC. The predicted octanol–water partition coefficient (Wildman–Crippen LogP) is 7.54. The molecule has 2 rings (SSSR count). The van der Waals surface area contributed by atoms with Gasteiger partial charge in [-0.1, -0.05) is 94.4 Å². The van der Waals surface area contributed by atoms with Crippen molar-refractivity contribution in [2.24, 2.45) is 10.8 Å². The first-order valence-corrected chi connectivity index (χ1v) is 18.7. The normalized spacial score (nSPS) is 17.6. The fourth-order valence-corrected chi connectivity index (χ4v) is 6.02. The molecule has 2 unspecified atom stereocenters. The maximum atomic E-state index is 13.3. The molecule has 2 atom stereocenters. The van der Waals surface area contributed by atoms with Crippen molar-refractivity contribution < 1.29 is 9.59 Å². The number of nitrogens with one attached hydrogen (secondary N) is 2. The second-order valence-corrected chi connectivity index (χ2v) is 15.6. The molecule has 0 aromatic heterocycles. The number of amides is 2. The van der Waals surface area contributed by atoms with Crippen LogP contribution in [0, 0.1) is 10.8 Å². The summed E-state index contributed by atoms with van der Waals surface area (Å²) in [6, 6.07) is 0.0946. The second kappa shape index (κ2) is 24.8. The van der Waals surface area contributed by atoms with E-state index in [-0.39, 0.29) is 29.3 Å². The van der Waals surface area contributed by atoms with Gasteiger partial charge in [0.2, 0.25) is 11.8 Å². The van der Waals surface area contributed by atoms with E-state index in [9.17, 15) is 9.59 Å². The van der Waals surface area contributed by atoms with Crippen LogP contribution < -0.4 is 10.6 Å². The number of hydrogen-bond donors (Lipinski definition) is 2. The van der Waals surface area contributed by atoms with Crippen molar-refractivity contribution in [1.29, 1.82) is 0 Å². The molecule has 2 saturated heterocycles. The summed E-state index contributed by atoms with van der Waals surface area (Å²) >= 11 is 0. The Labute approximate surface area is 298 Å². The summed E-state index contributed by atoms with van der Waals surface area (Å²) in [4.78, 5) is 34.4. The maximum absolute atomic E-state index is 13.3. The smallest absolute Gasteiger partial charge is 0.249 e. The van der Waals surface area contributed by atoms with Crippen molar-refractivity contribution >= 4 is 11.8 Å². The molecule has 48 heavy (non-hydrogen) atoms. The molecule has 2 N–H and O–H groups in total. The summed E-state index contributed by atoms with van der Waals surface area (Å²) in [6.07, 6.45) is 10.3. The number of piperidine rings is 1. The highest BCUT2D eigenvalue weighted by Crippen LogP contribution is 2.27. The minimum absolute atomic E-state index is 0.0769. The van der Waals surface area contributed by atoms with Crippen molar-refractivity contribution in [3.8, 4) is 0 Å². The Morgan fingerprint density at radius 3 is 1.94 bits per heavy atom. The van der Waals surface area contributed by atoms with E-state index < -0.39 is 0 Å². The molecular formula is C40H80N6O2. The van der Waals surface area contributed by atoms with Gasteiger partial charge < -0.3 is 25.3 Å². The lowest BCUT2D eigenvalue weighted by molar-refractivity contribution is -0.130. The summed E-state index contributed by atoms with van der Waals surface area (Å²) in [5.74, 6) is 0.233. The van der Waals surface area contributed by atoms with Crippen LogP contribution in [0.4, 0.5) is 0 Å². The zero-order valence-electron chi connectivity index (χ0n) is 34.4. The Morgan fingerprint density at radius 2 is 1.48 bits per heavy atom. The molecule has 2 amide bonds. The van der Waals surface area contributed by atoms with Crippen molar-refractivity contribution in [3.63, 3.8) is 0 Å². The maximum Gasteiger partial charge on any atom is 0.249 e. The van der Waals surface area contributed by atoms with Gasteiger partial charge in [-0.3, -0.25) is 14.5 Å². The highest BCUT2D eigenvalue weighted by atomic mass is 16.2. The van der Waals surface area contributed by atoms with Gasteiger partial charge in [0.1, 0.15) is 0 Å². The van der Waals surface area contributed by atoms with E-state index in [1.807, 2.05) is 38.8 Å². The molecule has 0 bridgehead atoms. The molecule has 2 fully saturated rings. The van der Waals surface area contributed by atoms with Crippen LogP contribution in [-0.4, -0.2) is 110 Å². The highest BCUT2D eigenvalue weighted by Gasteiger charge is 2.36. The van der Waals surface area contributed by atoms with Gasteiger partial charge in [-0.25, -0.2) is 0 Å². The van der Waals surface area contributed by atoms with Gasteiger partial charge in [-0.15, -0.1) is 0 Å². The average molecular weight is 677 g/mol. The summed E-state index contributed by atoms with van der Waals surface area (Å²) < 4.78 is 0. The first-order chi connectivity index (χ1) is 22.3. The van der Waals surface area contributed by atoms with Gasteiger partial charge >= 0.3 is 0 Å². The lowest BCUT2D eigenvalue weighted by Gasteiger charge is -2.41. The van der Waals surface area contributed by atoms with Crippen LogP contribution in [0.2, 0.25) is 0 Å². The molecule has 0 aromatic carbocycles. The van der Waals surface area contributed by atoms with Crippen LogP contribution in [0.1, 0.15) is 122 Å². The summed E-state index contributed by atoms with van der Waals surface area (Å²) in [5, 5.41) is 6.46. The van der Waals surface area contributed by atoms with Crippen LogP contribution in [-0.2, 0) is 9.59 Å². The Bertz CT molecular complexity index is 944. The van der Waals surface area contributed by atoms with E-state index in [1.165, 1.54) is 6.42 Å².